The first-order chi connectivity index (χ1) is 20.8. The Morgan fingerprint density at radius 2 is 1.51 bits per heavy atom. The number of hydrogen-bond acceptors (Lipinski definition) is 5. The van der Waals surface area contributed by atoms with E-state index in [1.54, 1.807) is 17.0 Å². The summed E-state index contributed by atoms with van der Waals surface area (Å²) in [6.07, 6.45) is 5.41. The van der Waals surface area contributed by atoms with Crippen molar-refractivity contribution >= 4 is 16.9 Å². The van der Waals surface area contributed by atoms with Gasteiger partial charge in [-0.2, -0.15) is 13.2 Å². The van der Waals surface area contributed by atoms with Gasteiger partial charge in [-0.15, -0.1) is 0 Å². The van der Waals surface area contributed by atoms with Crippen molar-refractivity contribution < 1.29 is 18.0 Å². The summed E-state index contributed by atoms with van der Waals surface area (Å²) in [5.41, 5.74) is 1.12. The molecule has 0 spiro atoms. The largest absolute Gasteiger partial charge is 0.416 e. The van der Waals surface area contributed by atoms with Gasteiger partial charge in [0, 0.05) is 57.1 Å². The zero-order chi connectivity index (χ0) is 30.0. The Hall–Kier alpha value is -3.18. The van der Waals surface area contributed by atoms with Crippen molar-refractivity contribution in [3.05, 3.63) is 64.3 Å². The number of benzene rings is 1. The minimum absolute atomic E-state index is 0.00505. The normalized spacial score (nSPS) is 20.2. The minimum atomic E-state index is -4.48. The zero-order valence-corrected chi connectivity index (χ0v) is 24.6. The van der Waals surface area contributed by atoms with Gasteiger partial charge in [0.1, 0.15) is 0 Å². The van der Waals surface area contributed by atoms with Crippen LogP contribution in [0.5, 0.6) is 0 Å². The predicted octanol–water partition coefficient (Wildman–Crippen LogP) is 4.78. The van der Waals surface area contributed by atoms with Crippen LogP contribution in [0.3, 0.4) is 0 Å². The van der Waals surface area contributed by atoms with E-state index in [0.29, 0.717) is 50.1 Å². The van der Waals surface area contributed by atoms with Crippen LogP contribution in [0, 0.1) is 5.92 Å². The lowest BCUT2D eigenvalue weighted by Crippen LogP contribution is -2.46. The van der Waals surface area contributed by atoms with Crippen LogP contribution in [-0.2, 0) is 24.1 Å². The number of imidazole rings is 1. The molecule has 0 bridgehead atoms. The number of nitrogens with zero attached hydrogens (tertiary/aromatic N) is 6. The Balaban J connectivity index is 1.12. The minimum Gasteiger partial charge on any atom is -0.342 e. The number of likely N-dealkylation sites (tertiary alicyclic amines) is 3. The summed E-state index contributed by atoms with van der Waals surface area (Å²) < 4.78 is 44.1. The Morgan fingerprint density at radius 3 is 2.19 bits per heavy atom. The van der Waals surface area contributed by atoms with E-state index in [1.165, 1.54) is 22.6 Å². The van der Waals surface area contributed by atoms with Crippen LogP contribution < -0.4 is 5.69 Å². The number of piperidine rings is 3. The Kier molecular flexibility index (Phi) is 8.90. The molecule has 0 unspecified atom stereocenters. The number of pyridine rings is 1. The lowest BCUT2D eigenvalue weighted by atomic mass is 9.93. The smallest absolute Gasteiger partial charge is 0.342 e. The first-order valence-corrected chi connectivity index (χ1v) is 15.7. The topological polar surface area (TPSA) is 66.6 Å². The van der Waals surface area contributed by atoms with Gasteiger partial charge in [0.05, 0.1) is 16.6 Å². The molecule has 3 saturated heterocycles. The van der Waals surface area contributed by atoms with Crippen molar-refractivity contribution in [2.24, 2.45) is 5.92 Å². The fourth-order valence-electron chi connectivity index (χ4n) is 7.14. The van der Waals surface area contributed by atoms with E-state index in [0.717, 1.165) is 70.5 Å². The van der Waals surface area contributed by atoms with Crippen LogP contribution in [0.15, 0.2) is 47.5 Å². The first-order valence-electron chi connectivity index (χ1n) is 15.7. The highest BCUT2D eigenvalue weighted by molar-refractivity contribution is 5.79. The van der Waals surface area contributed by atoms with Crippen LogP contribution in [0.25, 0.3) is 11.0 Å². The molecule has 0 N–H and O–H groups in total. The van der Waals surface area contributed by atoms with E-state index in [9.17, 15) is 22.8 Å². The molecule has 0 radical (unpaired) electrons. The molecule has 1 aromatic carbocycles. The number of carbonyl (C=O) groups is 1. The second kappa shape index (κ2) is 12.8. The van der Waals surface area contributed by atoms with Crippen molar-refractivity contribution in [1.29, 1.82) is 0 Å². The van der Waals surface area contributed by atoms with Gasteiger partial charge >= 0.3 is 11.9 Å². The molecular formula is C32H41F3N6O2. The molecule has 5 heterocycles. The Labute approximate surface area is 250 Å². The van der Waals surface area contributed by atoms with Gasteiger partial charge in [-0.1, -0.05) is 6.42 Å². The van der Waals surface area contributed by atoms with Crippen molar-refractivity contribution in [1.82, 2.24) is 28.8 Å². The third-order valence-corrected chi connectivity index (χ3v) is 9.61. The zero-order valence-electron chi connectivity index (χ0n) is 24.6. The molecule has 43 heavy (non-hydrogen) atoms. The lowest BCUT2D eigenvalue weighted by molar-refractivity contribution is -0.138. The summed E-state index contributed by atoms with van der Waals surface area (Å²) in [5, 5.41) is 0. The second-order valence-corrected chi connectivity index (χ2v) is 12.4. The standard InChI is InChI=1S/C32H41F3N6O2/c33-32(34,35)26-4-5-28-29(22-26)40(21-20-37-14-2-1-3-15-37)31(43)41(28)27-10-18-39(19-11-27)30(42)25-8-16-38(17-9-25)23-24-6-12-36-13-7-24/h4-7,12-13,22,25,27H,1-3,8-11,14-21,23H2. The highest BCUT2D eigenvalue weighted by Gasteiger charge is 2.34. The maximum absolute atomic E-state index is 13.8. The summed E-state index contributed by atoms with van der Waals surface area (Å²) >= 11 is 0. The highest BCUT2D eigenvalue weighted by atomic mass is 19.4. The van der Waals surface area contributed by atoms with Crippen LogP contribution >= 0.6 is 0 Å². The van der Waals surface area contributed by atoms with Crippen molar-refractivity contribution in [2.75, 3.05) is 45.8 Å². The van der Waals surface area contributed by atoms with E-state index in [-0.39, 0.29) is 23.6 Å². The quantitative estimate of drug-likeness (QED) is 0.392. The van der Waals surface area contributed by atoms with Gasteiger partial charge in [-0.05, 0) is 101 Å². The number of rotatable bonds is 7. The number of hydrogen-bond donors (Lipinski definition) is 0. The van der Waals surface area contributed by atoms with E-state index in [1.807, 2.05) is 17.0 Å². The van der Waals surface area contributed by atoms with Gasteiger partial charge in [-0.3, -0.25) is 23.8 Å². The van der Waals surface area contributed by atoms with Crippen molar-refractivity contribution in [2.45, 2.75) is 70.3 Å². The Bertz CT molecular complexity index is 1450. The number of aromatic nitrogens is 3. The molecule has 1 amide bonds. The fourth-order valence-corrected chi connectivity index (χ4v) is 7.14. The summed E-state index contributed by atoms with van der Waals surface area (Å²) in [7, 11) is 0. The van der Waals surface area contributed by atoms with Crippen LogP contribution in [0.2, 0.25) is 0 Å². The van der Waals surface area contributed by atoms with Gasteiger partial charge in [0.15, 0.2) is 0 Å². The van der Waals surface area contributed by atoms with Crippen LogP contribution in [0.4, 0.5) is 13.2 Å². The molecule has 232 valence electrons. The molecule has 3 aromatic rings. The summed E-state index contributed by atoms with van der Waals surface area (Å²) in [6, 6.07) is 7.54. The summed E-state index contributed by atoms with van der Waals surface area (Å²) in [4.78, 5) is 37.9. The highest BCUT2D eigenvalue weighted by Crippen LogP contribution is 2.33. The summed E-state index contributed by atoms with van der Waals surface area (Å²) in [6.45, 7) is 6.63. The molecule has 6 rings (SSSR count). The van der Waals surface area contributed by atoms with E-state index in [4.69, 9.17) is 0 Å². The molecular weight excluding hydrogens is 557 g/mol. The molecule has 0 saturated carbocycles. The van der Waals surface area contributed by atoms with E-state index in [2.05, 4.69) is 14.8 Å². The van der Waals surface area contributed by atoms with Crippen molar-refractivity contribution in [3.63, 3.8) is 0 Å². The molecule has 0 aliphatic carbocycles. The Morgan fingerprint density at radius 1 is 0.814 bits per heavy atom. The molecule has 11 heteroatoms. The number of alkyl halides is 3. The van der Waals surface area contributed by atoms with Gasteiger partial charge < -0.3 is 9.80 Å². The van der Waals surface area contributed by atoms with Crippen molar-refractivity contribution in [3.8, 4) is 0 Å². The monoisotopic (exact) mass is 598 g/mol. The average molecular weight is 599 g/mol. The molecule has 0 atom stereocenters. The SMILES string of the molecule is O=C(C1CCN(Cc2ccncc2)CC1)N1CCC(n2c(=O)n(CCN3CCCCC3)c3cc(C(F)(F)F)ccc32)CC1. The molecule has 8 nitrogen and oxygen atoms in total. The number of carbonyl (C=O) groups excluding carboxylic acids is 1. The second-order valence-electron chi connectivity index (χ2n) is 12.4. The van der Waals surface area contributed by atoms with Crippen LogP contribution in [-0.4, -0.2) is 80.5 Å². The molecule has 2 aromatic heterocycles. The number of halogens is 3. The number of amides is 1. The molecule has 3 aliphatic heterocycles. The van der Waals surface area contributed by atoms with Gasteiger partial charge in [0.2, 0.25) is 5.91 Å². The van der Waals surface area contributed by atoms with E-state index < -0.39 is 11.7 Å². The lowest BCUT2D eigenvalue weighted by Gasteiger charge is -2.37. The first kappa shape index (κ1) is 29.9. The maximum Gasteiger partial charge on any atom is 0.416 e. The maximum atomic E-state index is 13.8. The average Bonchev–Trinajstić information content (AvgIpc) is 3.31. The fraction of sp³-hybridized carbons (Fsp3) is 0.594. The van der Waals surface area contributed by atoms with Gasteiger partial charge in [-0.25, -0.2) is 4.79 Å². The molecule has 3 aliphatic rings. The third-order valence-electron chi connectivity index (χ3n) is 9.61. The summed E-state index contributed by atoms with van der Waals surface area (Å²) in [5.74, 6) is 0.193. The van der Waals surface area contributed by atoms with Gasteiger partial charge in [0.25, 0.3) is 0 Å². The number of fused-ring (bicyclic) bond motifs is 1. The third kappa shape index (κ3) is 6.67. The predicted molar refractivity (Wildman–Crippen MR) is 159 cm³/mol. The van der Waals surface area contributed by atoms with E-state index >= 15 is 0 Å². The van der Waals surface area contributed by atoms with Crippen LogP contribution in [0.1, 0.15) is 62.1 Å². The molecule has 3 fully saturated rings.